The number of sulfonamides is 1. The maximum Gasteiger partial charge on any atom is 0.325 e. The molecule has 1 aliphatic heterocycles. The summed E-state index contributed by atoms with van der Waals surface area (Å²) >= 11 is 0. The first-order chi connectivity index (χ1) is 11.0. The standard InChI is InChI=1S/C16H22N2O4S/c19-16(20)15(14-4-2-1-3-5-14)17-8-10-18(11-9-17)23(21,22)12-13-6-7-13/h1-5,13,15H,6-12H2,(H,19,20). The quantitative estimate of drug-likeness (QED) is 0.842. The van der Waals surface area contributed by atoms with E-state index >= 15 is 0 Å². The molecule has 7 heteroatoms. The molecule has 1 saturated heterocycles. The first-order valence-corrected chi connectivity index (χ1v) is 9.58. The van der Waals surface area contributed by atoms with Crippen LogP contribution in [0.4, 0.5) is 0 Å². The van der Waals surface area contributed by atoms with Gasteiger partial charge < -0.3 is 5.11 Å². The minimum Gasteiger partial charge on any atom is -0.480 e. The Balaban J connectivity index is 1.66. The van der Waals surface area contributed by atoms with Gasteiger partial charge >= 0.3 is 5.97 Å². The van der Waals surface area contributed by atoms with Gasteiger partial charge in [0.1, 0.15) is 6.04 Å². The summed E-state index contributed by atoms with van der Waals surface area (Å²) in [6.45, 7) is 1.61. The van der Waals surface area contributed by atoms with Crippen molar-refractivity contribution in [2.24, 2.45) is 5.92 Å². The molecule has 0 bridgehead atoms. The molecule has 1 aromatic carbocycles. The van der Waals surface area contributed by atoms with E-state index in [9.17, 15) is 18.3 Å². The number of nitrogens with zero attached hydrogens (tertiary/aromatic N) is 2. The third-order valence-electron chi connectivity index (χ3n) is 4.52. The lowest BCUT2D eigenvalue weighted by Crippen LogP contribution is -2.51. The first kappa shape index (κ1) is 16.4. The fourth-order valence-corrected chi connectivity index (χ4v) is 4.93. The molecular weight excluding hydrogens is 316 g/mol. The van der Waals surface area contributed by atoms with Crippen LogP contribution < -0.4 is 0 Å². The Morgan fingerprint density at radius 3 is 2.26 bits per heavy atom. The molecule has 1 aliphatic carbocycles. The average molecular weight is 338 g/mol. The van der Waals surface area contributed by atoms with Crippen molar-refractivity contribution in [2.45, 2.75) is 18.9 Å². The van der Waals surface area contributed by atoms with Crippen LogP contribution in [-0.2, 0) is 14.8 Å². The normalized spacial score (nSPS) is 21.9. The number of piperazine rings is 1. The van der Waals surface area contributed by atoms with Gasteiger partial charge in [-0.2, -0.15) is 4.31 Å². The van der Waals surface area contributed by atoms with Crippen LogP contribution in [0.15, 0.2) is 30.3 Å². The molecule has 1 saturated carbocycles. The van der Waals surface area contributed by atoms with Gasteiger partial charge in [-0.1, -0.05) is 30.3 Å². The Bertz CT molecular complexity index is 650. The van der Waals surface area contributed by atoms with E-state index in [1.54, 1.807) is 12.1 Å². The molecule has 3 rings (SSSR count). The van der Waals surface area contributed by atoms with Crippen LogP contribution in [0.1, 0.15) is 24.4 Å². The number of carboxylic acids is 1. The van der Waals surface area contributed by atoms with Gasteiger partial charge in [-0.25, -0.2) is 8.42 Å². The van der Waals surface area contributed by atoms with Gasteiger partial charge in [0.2, 0.25) is 10.0 Å². The van der Waals surface area contributed by atoms with E-state index in [0.717, 1.165) is 18.4 Å². The van der Waals surface area contributed by atoms with Crippen molar-refractivity contribution in [3.05, 3.63) is 35.9 Å². The minimum atomic E-state index is -3.19. The van der Waals surface area contributed by atoms with E-state index in [1.165, 1.54) is 4.31 Å². The summed E-state index contributed by atoms with van der Waals surface area (Å²) in [6, 6.07) is 8.38. The van der Waals surface area contributed by atoms with E-state index in [2.05, 4.69) is 0 Å². The third kappa shape index (κ3) is 3.91. The number of aliphatic carboxylic acids is 1. The highest BCUT2D eigenvalue weighted by atomic mass is 32.2. The zero-order chi connectivity index (χ0) is 16.4. The monoisotopic (exact) mass is 338 g/mol. The molecule has 2 aliphatic rings. The summed E-state index contributed by atoms with van der Waals surface area (Å²) < 4.78 is 26.1. The van der Waals surface area contributed by atoms with Crippen LogP contribution in [0.25, 0.3) is 0 Å². The maximum absolute atomic E-state index is 12.3. The molecule has 126 valence electrons. The molecule has 0 amide bonds. The first-order valence-electron chi connectivity index (χ1n) is 7.97. The van der Waals surface area contributed by atoms with Gasteiger partial charge in [-0.15, -0.1) is 0 Å². The highest BCUT2D eigenvalue weighted by Crippen LogP contribution is 2.31. The average Bonchev–Trinajstić information content (AvgIpc) is 3.32. The fraction of sp³-hybridized carbons (Fsp3) is 0.562. The smallest absolute Gasteiger partial charge is 0.325 e. The number of rotatable bonds is 6. The van der Waals surface area contributed by atoms with E-state index in [4.69, 9.17) is 0 Å². The van der Waals surface area contributed by atoms with E-state index in [1.807, 2.05) is 23.1 Å². The predicted molar refractivity (Wildman–Crippen MR) is 86.5 cm³/mol. The topological polar surface area (TPSA) is 77.9 Å². The zero-order valence-electron chi connectivity index (χ0n) is 13.0. The van der Waals surface area contributed by atoms with Crippen molar-refractivity contribution in [1.82, 2.24) is 9.21 Å². The van der Waals surface area contributed by atoms with Gasteiger partial charge in [0.25, 0.3) is 0 Å². The van der Waals surface area contributed by atoms with E-state index in [-0.39, 0.29) is 5.75 Å². The van der Waals surface area contributed by atoms with Crippen molar-refractivity contribution in [1.29, 1.82) is 0 Å². The summed E-state index contributed by atoms with van der Waals surface area (Å²) in [4.78, 5) is 13.5. The van der Waals surface area contributed by atoms with Crippen LogP contribution in [0, 0.1) is 5.92 Å². The Morgan fingerprint density at radius 2 is 1.74 bits per heavy atom. The van der Waals surface area contributed by atoms with Crippen molar-refractivity contribution < 1.29 is 18.3 Å². The van der Waals surface area contributed by atoms with Crippen LogP contribution >= 0.6 is 0 Å². The summed E-state index contributed by atoms with van der Waals surface area (Å²) in [7, 11) is -3.19. The second-order valence-corrected chi connectivity index (χ2v) is 8.32. The van der Waals surface area contributed by atoms with Crippen molar-refractivity contribution in [2.75, 3.05) is 31.9 Å². The largest absolute Gasteiger partial charge is 0.480 e. The van der Waals surface area contributed by atoms with Gasteiger partial charge in [-0.05, 0) is 24.3 Å². The molecule has 1 atom stereocenters. The number of carbonyl (C=O) groups is 1. The molecule has 2 fully saturated rings. The molecular formula is C16H22N2O4S. The molecule has 1 heterocycles. The summed E-state index contributed by atoms with van der Waals surface area (Å²) in [5.74, 6) is -0.326. The number of hydrogen-bond acceptors (Lipinski definition) is 4. The Morgan fingerprint density at radius 1 is 1.13 bits per heavy atom. The van der Waals surface area contributed by atoms with Crippen LogP contribution in [0.2, 0.25) is 0 Å². The van der Waals surface area contributed by atoms with Crippen LogP contribution in [-0.4, -0.2) is 60.6 Å². The van der Waals surface area contributed by atoms with Crippen LogP contribution in [0.3, 0.4) is 0 Å². The predicted octanol–water partition coefficient (Wildman–Crippen LogP) is 1.17. The highest BCUT2D eigenvalue weighted by molar-refractivity contribution is 7.89. The molecule has 0 spiro atoms. The second kappa shape index (κ2) is 6.59. The molecule has 0 aromatic heterocycles. The summed E-state index contributed by atoms with van der Waals surface area (Å²) in [5, 5.41) is 9.56. The summed E-state index contributed by atoms with van der Waals surface area (Å²) in [6.07, 6.45) is 2.02. The molecule has 1 N–H and O–H groups in total. The van der Waals surface area contributed by atoms with E-state index < -0.39 is 22.0 Å². The molecule has 0 radical (unpaired) electrons. The van der Waals surface area contributed by atoms with Gasteiger partial charge in [0.15, 0.2) is 0 Å². The number of hydrogen-bond donors (Lipinski definition) is 1. The fourth-order valence-electron chi connectivity index (χ4n) is 3.07. The zero-order valence-corrected chi connectivity index (χ0v) is 13.8. The minimum absolute atomic E-state index is 0.244. The van der Waals surface area contributed by atoms with Crippen LogP contribution in [0.5, 0.6) is 0 Å². The maximum atomic E-state index is 12.3. The van der Waals surface area contributed by atoms with Gasteiger partial charge in [0.05, 0.1) is 5.75 Å². The Hall–Kier alpha value is -1.44. The van der Waals surface area contributed by atoms with Gasteiger partial charge in [-0.3, -0.25) is 9.69 Å². The number of carboxylic acid groups (broad SMARTS) is 1. The lowest BCUT2D eigenvalue weighted by atomic mass is 10.0. The number of benzene rings is 1. The second-order valence-electron chi connectivity index (χ2n) is 6.31. The lowest BCUT2D eigenvalue weighted by molar-refractivity contribution is -0.144. The third-order valence-corrected chi connectivity index (χ3v) is 6.57. The molecule has 6 nitrogen and oxygen atoms in total. The lowest BCUT2D eigenvalue weighted by Gasteiger charge is -2.37. The SMILES string of the molecule is O=C(O)C(c1ccccc1)N1CCN(S(=O)(=O)CC2CC2)CC1. The highest BCUT2D eigenvalue weighted by Gasteiger charge is 2.36. The molecule has 1 aromatic rings. The van der Waals surface area contributed by atoms with E-state index in [0.29, 0.717) is 32.1 Å². The van der Waals surface area contributed by atoms with Gasteiger partial charge in [0, 0.05) is 26.2 Å². The molecule has 1 unspecified atom stereocenters. The molecule has 23 heavy (non-hydrogen) atoms. The Kier molecular flexibility index (Phi) is 4.70. The van der Waals surface area contributed by atoms with Crippen molar-refractivity contribution in [3.8, 4) is 0 Å². The summed E-state index contributed by atoms with van der Waals surface area (Å²) in [5.41, 5.74) is 0.731. The van der Waals surface area contributed by atoms with Crippen molar-refractivity contribution >= 4 is 16.0 Å². The Labute approximate surface area is 136 Å². The van der Waals surface area contributed by atoms with Crippen molar-refractivity contribution in [3.63, 3.8) is 0 Å².